The third kappa shape index (κ3) is 4.49. The smallest absolute Gasteiger partial charge is 0.137 e. The molecule has 0 saturated carbocycles. The minimum absolute atomic E-state index is 0.0167. The second-order valence-corrected chi connectivity index (χ2v) is 10.3. The molecule has 1 heterocycles. The zero-order valence-electron chi connectivity index (χ0n) is 19.9. The van der Waals surface area contributed by atoms with Gasteiger partial charge in [0.25, 0.3) is 0 Å². The largest absolute Gasteiger partial charge is 0.316 e. The third-order valence-electron chi connectivity index (χ3n) is 6.60. The van der Waals surface area contributed by atoms with Crippen molar-refractivity contribution >= 4 is 30.7 Å². The van der Waals surface area contributed by atoms with E-state index in [0.29, 0.717) is 8.58 Å². The molecular formula is C33H27N2P. The minimum atomic E-state index is -0.0167. The first-order valence-corrected chi connectivity index (χ1v) is 13.3. The highest BCUT2D eigenvalue weighted by atomic mass is 31.1. The second-order valence-electron chi connectivity index (χ2n) is 8.91. The van der Waals surface area contributed by atoms with Crippen molar-refractivity contribution in [3.05, 3.63) is 162 Å². The van der Waals surface area contributed by atoms with Crippen LogP contribution in [-0.4, -0.2) is 5.84 Å². The van der Waals surface area contributed by atoms with Gasteiger partial charge in [0.05, 0.1) is 6.04 Å². The van der Waals surface area contributed by atoms with Crippen LogP contribution >= 0.6 is 8.58 Å². The number of hydrogen-bond acceptors (Lipinski definition) is 2. The lowest BCUT2D eigenvalue weighted by Crippen LogP contribution is -2.34. The number of anilines is 1. The van der Waals surface area contributed by atoms with Crippen LogP contribution < -0.4 is 15.5 Å². The number of aliphatic imine (C=N–C) groups is 1. The average Bonchev–Trinajstić information content (AvgIpc) is 3.36. The van der Waals surface area contributed by atoms with Crippen LogP contribution in [0.1, 0.15) is 28.8 Å². The quantitative estimate of drug-likeness (QED) is 0.237. The molecule has 0 radical (unpaired) electrons. The van der Waals surface area contributed by atoms with Gasteiger partial charge in [0, 0.05) is 11.3 Å². The Labute approximate surface area is 214 Å². The standard InChI is InChI=1S/C33H27N2P/c1-5-15-25(16-6-1)31-32(26-17-7-2-8-18-26)35(27-19-9-3-10-20-27)33(34-31)29-23-13-14-24-30(29)36-28-21-11-4-12-22-28/h1-24,31-32,36H/t31-,32-/m1/s1. The lowest BCUT2D eigenvalue weighted by Gasteiger charge is -2.32. The van der Waals surface area contributed by atoms with Crippen LogP contribution in [0.25, 0.3) is 0 Å². The number of nitrogens with zero attached hydrogens (tertiary/aromatic N) is 2. The molecule has 0 spiro atoms. The first-order valence-electron chi connectivity index (χ1n) is 12.3. The Kier molecular flexibility index (Phi) is 6.44. The van der Waals surface area contributed by atoms with Crippen molar-refractivity contribution in [2.24, 2.45) is 4.99 Å². The van der Waals surface area contributed by atoms with Crippen LogP contribution in [0.4, 0.5) is 5.69 Å². The van der Waals surface area contributed by atoms with Gasteiger partial charge in [-0.15, -0.1) is 0 Å². The first kappa shape index (κ1) is 22.5. The van der Waals surface area contributed by atoms with Crippen molar-refractivity contribution in [1.29, 1.82) is 0 Å². The Morgan fingerprint density at radius 3 is 1.72 bits per heavy atom. The van der Waals surface area contributed by atoms with E-state index in [1.807, 2.05) is 0 Å². The first-order chi connectivity index (χ1) is 17.9. The molecule has 5 aromatic rings. The summed E-state index contributed by atoms with van der Waals surface area (Å²) in [5.74, 6) is 1.03. The van der Waals surface area contributed by atoms with E-state index < -0.39 is 0 Å². The number of amidine groups is 1. The average molecular weight is 483 g/mol. The summed E-state index contributed by atoms with van der Waals surface area (Å²) >= 11 is 0. The monoisotopic (exact) mass is 482 g/mol. The molecule has 3 heteroatoms. The van der Waals surface area contributed by atoms with Crippen molar-refractivity contribution in [2.75, 3.05) is 4.90 Å². The molecule has 0 bridgehead atoms. The summed E-state index contributed by atoms with van der Waals surface area (Å²) in [6.07, 6.45) is 0. The van der Waals surface area contributed by atoms with E-state index in [9.17, 15) is 0 Å². The maximum absolute atomic E-state index is 5.49. The van der Waals surface area contributed by atoms with Crippen molar-refractivity contribution in [1.82, 2.24) is 0 Å². The lowest BCUT2D eigenvalue weighted by molar-refractivity contribution is 0.612. The molecule has 1 aliphatic heterocycles. The summed E-state index contributed by atoms with van der Waals surface area (Å²) in [6, 6.07) is 51.7. The molecular weight excluding hydrogens is 455 g/mol. The molecule has 0 amide bonds. The second kappa shape index (κ2) is 10.3. The fourth-order valence-electron chi connectivity index (χ4n) is 4.96. The van der Waals surface area contributed by atoms with Gasteiger partial charge in [0.2, 0.25) is 0 Å². The zero-order valence-corrected chi connectivity index (χ0v) is 20.9. The minimum Gasteiger partial charge on any atom is -0.316 e. The van der Waals surface area contributed by atoms with Crippen LogP contribution in [0, 0.1) is 0 Å². The highest BCUT2D eigenvalue weighted by Crippen LogP contribution is 2.45. The third-order valence-corrected chi connectivity index (χ3v) is 7.93. The SMILES string of the molecule is c1ccc(Pc2ccccc2C2=N[C@H](c3ccccc3)[C@@H](c3ccccc3)N2c2ccccc2)cc1. The van der Waals surface area contributed by atoms with E-state index in [1.165, 1.54) is 27.3 Å². The maximum Gasteiger partial charge on any atom is 0.137 e. The van der Waals surface area contributed by atoms with Crippen molar-refractivity contribution in [3.8, 4) is 0 Å². The molecule has 0 N–H and O–H groups in total. The summed E-state index contributed by atoms with van der Waals surface area (Å²) < 4.78 is 0. The molecule has 0 fully saturated rings. The van der Waals surface area contributed by atoms with E-state index in [-0.39, 0.29) is 12.1 Å². The molecule has 174 valence electrons. The summed E-state index contributed by atoms with van der Waals surface area (Å²) in [5, 5.41) is 2.64. The Bertz CT molecular complexity index is 1450. The fourth-order valence-corrected chi connectivity index (χ4v) is 6.14. The number of para-hydroxylation sites is 1. The Balaban J connectivity index is 1.54. The predicted molar refractivity (Wildman–Crippen MR) is 154 cm³/mol. The van der Waals surface area contributed by atoms with Crippen LogP contribution in [0.15, 0.2) is 151 Å². The zero-order chi connectivity index (χ0) is 24.2. The topological polar surface area (TPSA) is 15.6 Å². The van der Waals surface area contributed by atoms with Gasteiger partial charge < -0.3 is 4.90 Å². The van der Waals surface area contributed by atoms with Crippen LogP contribution in [0.2, 0.25) is 0 Å². The number of rotatable bonds is 6. The van der Waals surface area contributed by atoms with Crippen LogP contribution in [0.3, 0.4) is 0 Å². The van der Waals surface area contributed by atoms with E-state index >= 15 is 0 Å². The summed E-state index contributed by atoms with van der Waals surface area (Å²) in [7, 11) is 0.559. The Hall–Kier alpha value is -4.00. The number of hydrogen-bond donors (Lipinski definition) is 0. The molecule has 1 aliphatic rings. The number of benzene rings is 5. The van der Waals surface area contributed by atoms with Crippen LogP contribution in [-0.2, 0) is 0 Å². The van der Waals surface area contributed by atoms with Gasteiger partial charge in [0.15, 0.2) is 0 Å². The van der Waals surface area contributed by atoms with Crippen LogP contribution in [0.5, 0.6) is 0 Å². The molecule has 1 unspecified atom stereocenters. The molecule has 0 aromatic heterocycles. The normalized spacial score (nSPS) is 17.4. The van der Waals surface area contributed by atoms with Gasteiger partial charge >= 0.3 is 0 Å². The summed E-state index contributed by atoms with van der Waals surface area (Å²) in [4.78, 5) is 7.94. The highest BCUT2D eigenvalue weighted by molar-refractivity contribution is 7.55. The molecule has 2 nitrogen and oxygen atoms in total. The van der Waals surface area contributed by atoms with Gasteiger partial charge in [-0.25, -0.2) is 0 Å². The van der Waals surface area contributed by atoms with Gasteiger partial charge in [-0.1, -0.05) is 142 Å². The molecule has 6 rings (SSSR count). The summed E-state index contributed by atoms with van der Waals surface area (Å²) in [6.45, 7) is 0. The lowest BCUT2D eigenvalue weighted by atomic mass is 9.93. The van der Waals surface area contributed by atoms with E-state index in [2.05, 4.69) is 150 Å². The van der Waals surface area contributed by atoms with E-state index in [1.54, 1.807) is 0 Å². The molecule has 0 aliphatic carbocycles. The molecule has 36 heavy (non-hydrogen) atoms. The van der Waals surface area contributed by atoms with Gasteiger partial charge in [-0.05, 0) is 33.9 Å². The van der Waals surface area contributed by atoms with E-state index in [0.717, 1.165) is 11.5 Å². The Morgan fingerprint density at radius 2 is 1.06 bits per heavy atom. The Morgan fingerprint density at radius 1 is 0.528 bits per heavy atom. The van der Waals surface area contributed by atoms with Gasteiger partial charge in [-0.3, -0.25) is 4.99 Å². The van der Waals surface area contributed by atoms with Crippen molar-refractivity contribution < 1.29 is 0 Å². The maximum atomic E-state index is 5.49. The van der Waals surface area contributed by atoms with E-state index in [4.69, 9.17) is 4.99 Å². The van der Waals surface area contributed by atoms with Crippen molar-refractivity contribution in [3.63, 3.8) is 0 Å². The van der Waals surface area contributed by atoms with Gasteiger partial charge in [-0.2, -0.15) is 0 Å². The van der Waals surface area contributed by atoms with Crippen molar-refractivity contribution in [2.45, 2.75) is 12.1 Å². The predicted octanol–water partition coefficient (Wildman–Crippen LogP) is 7.07. The molecule has 3 atom stereocenters. The molecule has 0 saturated heterocycles. The summed E-state index contributed by atoms with van der Waals surface area (Å²) in [5.41, 5.74) is 4.84. The molecule has 5 aromatic carbocycles. The van der Waals surface area contributed by atoms with Gasteiger partial charge in [0.1, 0.15) is 11.9 Å². The highest BCUT2D eigenvalue weighted by Gasteiger charge is 2.40. The fraction of sp³-hybridized carbons (Fsp3) is 0.0606.